The molecule has 0 N–H and O–H groups in total. The summed E-state index contributed by atoms with van der Waals surface area (Å²) in [5.74, 6) is -6.22. The molecule has 1 rings (SSSR count). The Morgan fingerprint density at radius 1 is 1.08 bits per heavy atom. The Hall–Kier alpha value is -1.26. The minimum Gasteiger partial charge on any atom is -0.204 e. The Balaban J connectivity index is 3.55. The van der Waals surface area contributed by atoms with Crippen LogP contribution in [0.3, 0.4) is 0 Å². The van der Waals surface area contributed by atoms with Crippen molar-refractivity contribution in [1.82, 2.24) is 0 Å². The number of hydrogen-bond donors (Lipinski definition) is 0. The molecule has 6 heteroatoms. The molecule has 13 heavy (non-hydrogen) atoms. The zero-order valence-corrected chi connectivity index (χ0v) is 6.76. The van der Waals surface area contributed by atoms with Crippen LogP contribution < -0.4 is 0 Å². The molecule has 1 nitrogen and oxygen atoms in total. The maximum atomic E-state index is 12.7. The minimum atomic E-state index is -1.59. The molecule has 0 amide bonds. The maximum absolute atomic E-state index is 12.7. The van der Waals surface area contributed by atoms with Gasteiger partial charge in [0, 0.05) is 6.07 Å². The first-order chi connectivity index (χ1) is 6.07. The van der Waals surface area contributed by atoms with E-state index >= 15 is 0 Å². The molecule has 0 saturated carbocycles. The molecule has 0 atom stereocenters. The van der Waals surface area contributed by atoms with Crippen molar-refractivity contribution < 1.29 is 17.6 Å². The molecule has 0 aliphatic carbocycles. The molecular weight excluding hydrogens is 206 g/mol. The van der Waals surface area contributed by atoms with Gasteiger partial charge in [0.25, 0.3) is 0 Å². The summed E-state index contributed by atoms with van der Waals surface area (Å²) in [6, 6.07) is 0.0903. The first-order valence-electron chi connectivity index (χ1n) is 2.98. The van der Waals surface area contributed by atoms with Crippen LogP contribution in [0, 0.1) is 23.3 Å². The number of hydrogen-bond acceptors (Lipinski definition) is 2. The van der Waals surface area contributed by atoms with Crippen LogP contribution in [-0.4, -0.2) is 5.16 Å². The molecule has 0 aliphatic rings. The van der Waals surface area contributed by atoms with Crippen LogP contribution in [0.5, 0.6) is 0 Å². The van der Waals surface area contributed by atoms with E-state index in [1.54, 1.807) is 5.16 Å². The third-order valence-corrected chi connectivity index (χ3v) is 1.34. The van der Waals surface area contributed by atoms with Crippen molar-refractivity contribution >= 4 is 23.1 Å². The van der Waals surface area contributed by atoms with Crippen LogP contribution in [0.2, 0.25) is 0 Å². The van der Waals surface area contributed by atoms with Crippen molar-refractivity contribution in [2.75, 3.05) is 0 Å². The fraction of sp³-hybridized carbons (Fsp3) is 0. The third kappa shape index (κ3) is 1.74. The molecule has 1 aromatic rings. The molecule has 0 saturated heterocycles. The van der Waals surface area contributed by atoms with Gasteiger partial charge in [0.2, 0.25) is 0 Å². The molecule has 0 spiro atoms. The highest BCUT2D eigenvalue weighted by atomic mass is 32.1. The molecule has 0 aliphatic heterocycles. The number of thiocarbonyl (C=S) groups is 1. The molecule has 1 aromatic carbocycles. The highest BCUT2D eigenvalue weighted by Gasteiger charge is 2.18. The van der Waals surface area contributed by atoms with E-state index in [0.717, 1.165) is 0 Å². The molecular formula is C7HF4NS. The van der Waals surface area contributed by atoms with Gasteiger partial charge in [-0.25, -0.2) is 17.6 Å². The van der Waals surface area contributed by atoms with Gasteiger partial charge in [-0.1, -0.05) is 0 Å². The predicted molar refractivity (Wildman–Crippen MR) is 41.0 cm³/mol. The van der Waals surface area contributed by atoms with Gasteiger partial charge in [0.15, 0.2) is 29.0 Å². The normalized spacial score (nSPS) is 9.54. The summed E-state index contributed by atoms with van der Waals surface area (Å²) in [5, 5.41) is 1.62. The molecule has 0 heterocycles. The van der Waals surface area contributed by atoms with Crippen LogP contribution in [0.4, 0.5) is 23.2 Å². The third-order valence-electron chi connectivity index (χ3n) is 1.25. The predicted octanol–water partition coefficient (Wildman–Crippen LogP) is 2.98. The van der Waals surface area contributed by atoms with Gasteiger partial charge in [0.1, 0.15) is 0 Å². The molecule has 0 aromatic heterocycles. The second kappa shape index (κ2) is 3.64. The first-order valence-corrected chi connectivity index (χ1v) is 3.39. The van der Waals surface area contributed by atoms with Crippen molar-refractivity contribution in [1.29, 1.82) is 0 Å². The van der Waals surface area contributed by atoms with Crippen molar-refractivity contribution in [2.45, 2.75) is 0 Å². The van der Waals surface area contributed by atoms with E-state index < -0.39 is 29.0 Å². The number of nitrogens with zero attached hydrogens (tertiary/aromatic N) is 1. The van der Waals surface area contributed by atoms with E-state index in [-0.39, 0.29) is 6.07 Å². The van der Waals surface area contributed by atoms with E-state index in [4.69, 9.17) is 0 Å². The van der Waals surface area contributed by atoms with Gasteiger partial charge < -0.3 is 0 Å². The molecule has 0 unspecified atom stereocenters. The van der Waals surface area contributed by atoms with Crippen LogP contribution in [0.1, 0.15) is 0 Å². The van der Waals surface area contributed by atoms with Crippen LogP contribution >= 0.6 is 12.2 Å². The highest BCUT2D eigenvalue weighted by Crippen LogP contribution is 2.26. The average molecular weight is 207 g/mol. The summed E-state index contributed by atoms with van der Waals surface area (Å²) in [5.41, 5.74) is -1.10. The van der Waals surface area contributed by atoms with Crippen molar-refractivity contribution in [3.05, 3.63) is 29.3 Å². The van der Waals surface area contributed by atoms with Crippen LogP contribution in [0.25, 0.3) is 0 Å². The molecule has 0 radical (unpaired) electrons. The van der Waals surface area contributed by atoms with Gasteiger partial charge in [-0.05, 0) is 12.2 Å². The van der Waals surface area contributed by atoms with E-state index in [2.05, 4.69) is 17.2 Å². The fourth-order valence-electron chi connectivity index (χ4n) is 0.704. The largest absolute Gasteiger partial charge is 0.204 e. The second-order valence-corrected chi connectivity index (χ2v) is 2.20. The lowest BCUT2D eigenvalue weighted by Crippen LogP contribution is -1.93. The Morgan fingerprint density at radius 2 is 1.54 bits per heavy atom. The Morgan fingerprint density at radius 3 is 1.92 bits per heavy atom. The van der Waals surface area contributed by atoms with Gasteiger partial charge in [-0.2, -0.15) is 4.99 Å². The maximum Gasteiger partial charge on any atom is 0.188 e. The summed E-state index contributed by atoms with van der Waals surface area (Å²) in [7, 11) is 0. The number of benzene rings is 1. The Labute approximate surface area is 75.7 Å². The van der Waals surface area contributed by atoms with Crippen molar-refractivity contribution in [3.8, 4) is 0 Å². The monoisotopic (exact) mass is 207 g/mol. The summed E-state index contributed by atoms with van der Waals surface area (Å²) in [6.07, 6.45) is 0. The number of aliphatic imine (C=N–C) groups is 1. The molecule has 0 fully saturated rings. The zero-order valence-electron chi connectivity index (χ0n) is 5.94. The first kappa shape index (κ1) is 9.83. The topological polar surface area (TPSA) is 12.4 Å². The Kier molecular flexibility index (Phi) is 2.75. The number of rotatable bonds is 1. The number of isothiocyanates is 1. The standard InChI is InChI=1S/C7HF4NS/c8-3-1-4(9)6(11)7(5(3)10)12-2-13/h1H. The lowest BCUT2D eigenvalue weighted by atomic mass is 10.2. The van der Waals surface area contributed by atoms with Gasteiger partial charge >= 0.3 is 0 Å². The highest BCUT2D eigenvalue weighted by molar-refractivity contribution is 7.78. The zero-order chi connectivity index (χ0) is 10.0. The van der Waals surface area contributed by atoms with Gasteiger partial charge in [-0.15, -0.1) is 0 Å². The SMILES string of the molecule is Fc1cc(F)c(F)c(N=C=S)c1F. The summed E-state index contributed by atoms with van der Waals surface area (Å²) in [4.78, 5) is 2.86. The lowest BCUT2D eigenvalue weighted by molar-refractivity contribution is 0.457. The van der Waals surface area contributed by atoms with Crippen LogP contribution in [-0.2, 0) is 0 Å². The van der Waals surface area contributed by atoms with E-state index in [1.165, 1.54) is 0 Å². The molecule has 68 valence electrons. The van der Waals surface area contributed by atoms with Gasteiger partial charge in [-0.3, -0.25) is 0 Å². The minimum absolute atomic E-state index is 0.0903. The lowest BCUT2D eigenvalue weighted by Gasteiger charge is -1.99. The van der Waals surface area contributed by atoms with E-state index in [1.807, 2.05) is 0 Å². The van der Waals surface area contributed by atoms with Crippen molar-refractivity contribution in [3.63, 3.8) is 0 Å². The second-order valence-electron chi connectivity index (χ2n) is 2.02. The smallest absolute Gasteiger partial charge is 0.188 e. The van der Waals surface area contributed by atoms with Gasteiger partial charge in [0.05, 0.1) is 5.16 Å². The summed E-state index contributed by atoms with van der Waals surface area (Å²) >= 11 is 4.04. The number of halogens is 4. The fourth-order valence-corrected chi connectivity index (χ4v) is 0.796. The van der Waals surface area contributed by atoms with Crippen LogP contribution in [0.15, 0.2) is 11.1 Å². The summed E-state index contributed by atoms with van der Waals surface area (Å²) in [6.45, 7) is 0. The van der Waals surface area contributed by atoms with Crippen molar-refractivity contribution in [2.24, 2.45) is 4.99 Å². The van der Waals surface area contributed by atoms with E-state index in [9.17, 15) is 17.6 Å². The quantitative estimate of drug-likeness (QED) is 0.298. The van der Waals surface area contributed by atoms with E-state index in [0.29, 0.717) is 0 Å². The summed E-state index contributed by atoms with van der Waals surface area (Å²) < 4.78 is 50.2. The average Bonchev–Trinajstić information content (AvgIpc) is 2.09. The molecule has 0 bridgehead atoms. The Bertz CT molecular complexity index is 372.